The fourth-order valence-electron chi connectivity index (χ4n) is 2.65. The molecule has 0 fully saturated rings. The van der Waals surface area contributed by atoms with Gasteiger partial charge in [-0.3, -0.25) is 0 Å². The standard InChI is InChI=1S/C18H31N/c1-5-6-7-8-9-10-13-19-17(4)18-12-11-15(2)14-16(18)3/h11-12,14,17,19H,5-10,13H2,1-4H3. The van der Waals surface area contributed by atoms with Gasteiger partial charge in [0.15, 0.2) is 0 Å². The molecule has 108 valence electrons. The highest BCUT2D eigenvalue weighted by atomic mass is 14.9. The van der Waals surface area contributed by atoms with Gasteiger partial charge in [-0.2, -0.15) is 0 Å². The van der Waals surface area contributed by atoms with Crippen LogP contribution in [0.2, 0.25) is 0 Å². The summed E-state index contributed by atoms with van der Waals surface area (Å²) in [4.78, 5) is 0. The zero-order valence-corrected chi connectivity index (χ0v) is 13.3. The van der Waals surface area contributed by atoms with E-state index in [1.165, 1.54) is 55.2 Å². The molecule has 0 aromatic heterocycles. The van der Waals surface area contributed by atoms with Gasteiger partial charge in [0.05, 0.1) is 0 Å². The van der Waals surface area contributed by atoms with Gasteiger partial charge in [0.1, 0.15) is 0 Å². The molecule has 0 amide bonds. The maximum absolute atomic E-state index is 3.65. The fraction of sp³-hybridized carbons (Fsp3) is 0.667. The Hall–Kier alpha value is -0.820. The third-order valence-corrected chi connectivity index (χ3v) is 3.87. The largest absolute Gasteiger partial charge is 0.310 e. The molecule has 0 heterocycles. The van der Waals surface area contributed by atoms with E-state index in [1.807, 2.05) is 0 Å². The molecule has 1 nitrogen and oxygen atoms in total. The van der Waals surface area contributed by atoms with E-state index >= 15 is 0 Å². The number of aryl methyl sites for hydroxylation is 2. The van der Waals surface area contributed by atoms with Crippen LogP contribution in [0, 0.1) is 13.8 Å². The molecular formula is C18H31N. The van der Waals surface area contributed by atoms with Crippen LogP contribution in [-0.2, 0) is 0 Å². The summed E-state index contributed by atoms with van der Waals surface area (Å²) < 4.78 is 0. The van der Waals surface area contributed by atoms with Gasteiger partial charge in [-0.05, 0) is 44.9 Å². The van der Waals surface area contributed by atoms with Crippen molar-refractivity contribution < 1.29 is 0 Å². The quantitative estimate of drug-likeness (QED) is 0.594. The van der Waals surface area contributed by atoms with Crippen molar-refractivity contribution in [2.75, 3.05) is 6.54 Å². The van der Waals surface area contributed by atoms with Gasteiger partial charge in [0, 0.05) is 6.04 Å². The summed E-state index contributed by atoms with van der Waals surface area (Å²) in [6, 6.07) is 7.23. The molecule has 0 saturated heterocycles. The van der Waals surface area contributed by atoms with Gasteiger partial charge >= 0.3 is 0 Å². The first-order valence-corrected chi connectivity index (χ1v) is 7.95. The maximum Gasteiger partial charge on any atom is 0.0294 e. The van der Waals surface area contributed by atoms with Crippen molar-refractivity contribution in [1.29, 1.82) is 0 Å². The molecule has 1 heteroatoms. The van der Waals surface area contributed by atoms with Crippen LogP contribution < -0.4 is 5.32 Å². The zero-order valence-electron chi connectivity index (χ0n) is 13.3. The second-order valence-corrected chi connectivity index (χ2v) is 5.80. The fourth-order valence-corrected chi connectivity index (χ4v) is 2.65. The molecule has 1 N–H and O–H groups in total. The number of unbranched alkanes of at least 4 members (excludes halogenated alkanes) is 5. The van der Waals surface area contributed by atoms with Crippen molar-refractivity contribution in [3.05, 3.63) is 34.9 Å². The number of nitrogens with one attached hydrogen (secondary N) is 1. The minimum absolute atomic E-state index is 0.469. The average Bonchev–Trinajstić information content (AvgIpc) is 2.37. The van der Waals surface area contributed by atoms with Gasteiger partial charge < -0.3 is 5.32 Å². The molecule has 1 unspecified atom stereocenters. The smallest absolute Gasteiger partial charge is 0.0294 e. The molecule has 1 aromatic rings. The second kappa shape index (κ2) is 9.14. The highest BCUT2D eigenvalue weighted by Crippen LogP contribution is 2.18. The molecule has 1 rings (SSSR count). The summed E-state index contributed by atoms with van der Waals surface area (Å²) in [6.07, 6.45) is 8.20. The van der Waals surface area contributed by atoms with Crippen molar-refractivity contribution >= 4 is 0 Å². The molecule has 0 bridgehead atoms. The van der Waals surface area contributed by atoms with Crippen LogP contribution in [0.1, 0.15) is 75.1 Å². The van der Waals surface area contributed by atoms with Crippen LogP contribution >= 0.6 is 0 Å². The SMILES string of the molecule is CCCCCCCCNC(C)c1ccc(C)cc1C. The Morgan fingerprint density at radius 3 is 2.37 bits per heavy atom. The van der Waals surface area contributed by atoms with E-state index in [0.29, 0.717) is 6.04 Å². The number of benzene rings is 1. The first kappa shape index (κ1) is 16.2. The van der Waals surface area contributed by atoms with Gasteiger partial charge in [0.25, 0.3) is 0 Å². The van der Waals surface area contributed by atoms with E-state index < -0.39 is 0 Å². The lowest BCUT2D eigenvalue weighted by atomic mass is 10.00. The van der Waals surface area contributed by atoms with E-state index in [2.05, 4.69) is 51.2 Å². The van der Waals surface area contributed by atoms with Gasteiger partial charge in [-0.1, -0.05) is 62.8 Å². The Balaban J connectivity index is 2.22. The van der Waals surface area contributed by atoms with Crippen molar-refractivity contribution in [3.63, 3.8) is 0 Å². The van der Waals surface area contributed by atoms with Crippen molar-refractivity contribution in [3.8, 4) is 0 Å². The predicted octanol–water partition coefficient (Wildman–Crippen LogP) is 5.31. The molecule has 0 saturated carbocycles. The maximum atomic E-state index is 3.65. The third kappa shape index (κ3) is 6.24. The van der Waals surface area contributed by atoms with Crippen molar-refractivity contribution in [2.24, 2.45) is 0 Å². The highest BCUT2D eigenvalue weighted by molar-refractivity contribution is 5.32. The summed E-state index contributed by atoms with van der Waals surface area (Å²) in [7, 11) is 0. The molecular weight excluding hydrogens is 230 g/mol. The van der Waals surface area contributed by atoms with Crippen molar-refractivity contribution in [1.82, 2.24) is 5.32 Å². The Kier molecular flexibility index (Phi) is 7.81. The van der Waals surface area contributed by atoms with Gasteiger partial charge in [-0.15, -0.1) is 0 Å². The Bertz CT molecular complexity index is 357. The van der Waals surface area contributed by atoms with Crippen LogP contribution in [0.25, 0.3) is 0 Å². The molecule has 0 aliphatic carbocycles. The number of hydrogen-bond acceptors (Lipinski definition) is 1. The summed E-state index contributed by atoms with van der Waals surface area (Å²) in [6.45, 7) is 10.1. The number of hydrogen-bond donors (Lipinski definition) is 1. The van der Waals surface area contributed by atoms with E-state index in [-0.39, 0.29) is 0 Å². The molecule has 1 atom stereocenters. The summed E-state index contributed by atoms with van der Waals surface area (Å²) in [5, 5.41) is 3.65. The summed E-state index contributed by atoms with van der Waals surface area (Å²) in [5.74, 6) is 0. The van der Waals surface area contributed by atoms with E-state index in [0.717, 1.165) is 6.54 Å². The molecule has 0 aliphatic heterocycles. The van der Waals surface area contributed by atoms with E-state index in [1.54, 1.807) is 0 Å². The lowest BCUT2D eigenvalue weighted by Gasteiger charge is -2.17. The average molecular weight is 261 g/mol. The minimum Gasteiger partial charge on any atom is -0.310 e. The monoisotopic (exact) mass is 261 g/mol. The molecule has 0 radical (unpaired) electrons. The van der Waals surface area contributed by atoms with Crippen LogP contribution in [0.4, 0.5) is 0 Å². The first-order chi connectivity index (χ1) is 9.15. The second-order valence-electron chi connectivity index (χ2n) is 5.80. The predicted molar refractivity (Wildman–Crippen MR) is 85.7 cm³/mol. The lowest BCUT2D eigenvalue weighted by Crippen LogP contribution is -2.20. The van der Waals surface area contributed by atoms with Crippen LogP contribution in [0.15, 0.2) is 18.2 Å². The Labute approximate surface area is 119 Å². The normalized spacial score (nSPS) is 12.6. The van der Waals surface area contributed by atoms with Crippen molar-refractivity contribution in [2.45, 2.75) is 72.3 Å². The Morgan fingerprint density at radius 2 is 1.68 bits per heavy atom. The highest BCUT2D eigenvalue weighted by Gasteiger charge is 2.07. The first-order valence-electron chi connectivity index (χ1n) is 7.95. The minimum atomic E-state index is 0.469. The Morgan fingerprint density at radius 1 is 1.00 bits per heavy atom. The van der Waals surface area contributed by atoms with E-state index in [4.69, 9.17) is 0 Å². The van der Waals surface area contributed by atoms with Gasteiger partial charge in [0.2, 0.25) is 0 Å². The third-order valence-electron chi connectivity index (χ3n) is 3.87. The van der Waals surface area contributed by atoms with Crippen LogP contribution in [0.5, 0.6) is 0 Å². The van der Waals surface area contributed by atoms with Crippen LogP contribution in [-0.4, -0.2) is 6.54 Å². The summed E-state index contributed by atoms with van der Waals surface area (Å²) >= 11 is 0. The molecule has 1 aromatic carbocycles. The zero-order chi connectivity index (χ0) is 14.1. The molecule has 19 heavy (non-hydrogen) atoms. The summed E-state index contributed by atoms with van der Waals surface area (Å²) in [5.41, 5.74) is 4.20. The molecule has 0 spiro atoms. The van der Waals surface area contributed by atoms with E-state index in [9.17, 15) is 0 Å². The molecule has 0 aliphatic rings. The van der Waals surface area contributed by atoms with Gasteiger partial charge in [-0.25, -0.2) is 0 Å². The number of rotatable bonds is 9. The lowest BCUT2D eigenvalue weighted by molar-refractivity contribution is 0.526. The van der Waals surface area contributed by atoms with Crippen LogP contribution in [0.3, 0.4) is 0 Å². The topological polar surface area (TPSA) is 12.0 Å².